The molecule has 2 aromatic heterocycles. The average molecular weight is 458 g/mol. The average Bonchev–Trinajstić information content (AvgIpc) is 3.39. The van der Waals surface area contributed by atoms with Crippen LogP contribution in [0.15, 0.2) is 24.3 Å². The molecule has 0 fully saturated rings. The number of Topliss-reactive ketones (excluding diaryl/α,β-unsaturated/α-hetero) is 1. The van der Waals surface area contributed by atoms with Crippen molar-refractivity contribution >= 4 is 23.3 Å². The van der Waals surface area contributed by atoms with Gasteiger partial charge in [-0.15, -0.1) is 5.10 Å². The Bertz CT molecular complexity index is 1120. The number of rotatable bonds is 10. The topological polar surface area (TPSA) is 92.5 Å². The van der Waals surface area contributed by atoms with E-state index in [1.165, 1.54) is 0 Å². The first-order chi connectivity index (χ1) is 15.4. The highest BCUT2D eigenvalue weighted by atomic mass is 32.1. The third-order valence-electron chi connectivity index (χ3n) is 5.36. The summed E-state index contributed by atoms with van der Waals surface area (Å²) < 4.78 is 21.8. The molecule has 0 bridgehead atoms. The van der Waals surface area contributed by atoms with Crippen molar-refractivity contribution in [1.82, 2.24) is 14.2 Å². The van der Waals surface area contributed by atoms with E-state index in [1.807, 2.05) is 45.0 Å². The molecule has 9 heteroatoms. The van der Waals surface area contributed by atoms with E-state index in [4.69, 9.17) is 14.2 Å². The number of ether oxygens (including phenoxy) is 3. The lowest BCUT2D eigenvalue weighted by Crippen LogP contribution is -2.15. The first kappa shape index (κ1) is 23.5. The molecule has 0 atom stereocenters. The van der Waals surface area contributed by atoms with Gasteiger partial charge in [0.2, 0.25) is 5.78 Å². The molecule has 8 nitrogen and oxygen atoms in total. The van der Waals surface area contributed by atoms with Gasteiger partial charge in [0.15, 0.2) is 23.0 Å². The SMILES string of the molecule is CCc1nnsc1C(=O)OCC(=O)c1cc(C)n(CCc2ccc(OC)c(OC)c2)c1C. The van der Waals surface area contributed by atoms with Gasteiger partial charge in [-0.1, -0.05) is 17.5 Å². The fraction of sp³-hybridized carbons (Fsp3) is 0.391. The summed E-state index contributed by atoms with van der Waals surface area (Å²) in [6, 6.07) is 7.68. The van der Waals surface area contributed by atoms with Gasteiger partial charge in [-0.2, -0.15) is 0 Å². The molecule has 1 aromatic carbocycles. The molecule has 2 heterocycles. The van der Waals surface area contributed by atoms with Gasteiger partial charge in [-0.05, 0) is 62.0 Å². The van der Waals surface area contributed by atoms with E-state index in [0.29, 0.717) is 40.6 Å². The van der Waals surface area contributed by atoms with Crippen LogP contribution in [0.1, 0.15) is 49.6 Å². The molecule has 0 saturated heterocycles. The number of hydrogen-bond acceptors (Lipinski definition) is 8. The zero-order valence-electron chi connectivity index (χ0n) is 18.9. The number of hydrogen-bond donors (Lipinski definition) is 0. The molecule has 0 aliphatic rings. The van der Waals surface area contributed by atoms with Crippen molar-refractivity contribution in [2.45, 2.75) is 40.2 Å². The van der Waals surface area contributed by atoms with Crippen LogP contribution < -0.4 is 9.47 Å². The summed E-state index contributed by atoms with van der Waals surface area (Å²) in [5.74, 6) is 0.574. The quantitative estimate of drug-likeness (QED) is 0.337. The number of nitrogens with zero attached hydrogens (tertiary/aromatic N) is 3. The van der Waals surface area contributed by atoms with E-state index in [0.717, 1.165) is 34.9 Å². The van der Waals surface area contributed by atoms with E-state index < -0.39 is 5.97 Å². The second kappa shape index (κ2) is 10.4. The van der Waals surface area contributed by atoms with Crippen molar-refractivity contribution in [2.24, 2.45) is 0 Å². The summed E-state index contributed by atoms with van der Waals surface area (Å²) in [5, 5.41) is 3.90. The minimum Gasteiger partial charge on any atom is -0.493 e. The van der Waals surface area contributed by atoms with Gasteiger partial charge in [0.1, 0.15) is 0 Å². The second-order valence-corrected chi connectivity index (χ2v) is 8.03. The maximum atomic E-state index is 12.7. The number of carbonyl (C=O) groups is 2. The van der Waals surface area contributed by atoms with Crippen LogP contribution in [0.2, 0.25) is 0 Å². The smallest absolute Gasteiger partial charge is 0.352 e. The van der Waals surface area contributed by atoms with Crippen LogP contribution in [0.5, 0.6) is 11.5 Å². The number of benzene rings is 1. The molecule has 170 valence electrons. The van der Waals surface area contributed by atoms with E-state index in [2.05, 4.69) is 14.2 Å². The fourth-order valence-electron chi connectivity index (χ4n) is 3.57. The molecule has 3 rings (SSSR count). The highest BCUT2D eigenvalue weighted by Gasteiger charge is 2.21. The lowest BCUT2D eigenvalue weighted by molar-refractivity contribution is 0.0478. The highest BCUT2D eigenvalue weighted by Crippen LogP contribution is 2.28. The Morgan fingerprint density at radius 3 is 2.53 bits per heavy atom. The molecule has 0 saturated carbocycles. The predicted molar refractivity (Wildman–Crippen MR) is 121 cm³/mol. The minimum atomic E-state index is -0.563. The number of ketones is 1. The molecular weight excluding hydrogens is 430 g/mol. The fourth-order valence-corrected chi connectivity index (χ4v) is 4.22. The number of methoxy groups -OCH3 is 2. The number of aryl methyl sites for hydroxylation is 3. The summed E-state index contributed by atoms with van der Waals surface area (Å²) in [6.45, 7) is 6.13. The van der Waals surface area contributed by atoms with Gasteiger partial charge >= 0.3 is 5.97 Å². The van der Waals surface area contributed by atoms with E-state index >= 15 is 0 Å². The number of esters is 1. The summed E-state index contributed by atoms with van der Waals surface area (Å²) in [7, 11) is 3.22. The maximum Gasteiger partial charge on any atom is 0.352 e. The molecule has 32 heavy (non-hydrogen) atoms. The Balaban J connectivity index is 1.66. The zero-order chi connectivity index (χ0) is 23.3. The largest absolute Gasteiger partial charge is 0.493 e. The van der Waals surface area contributed by atoms with Crippen molar-refractivity contribution in [3.63, 3.8) is 0 Å². The van der Waals surface area contributed by atoms with E-state index in [-0.39, 0.29) is 12.4 Å². The third-order valence-corrected chi connectivity index (χ3v) is 6.10. The van der Waals surface area contributed by atoms with Gasteiger partial charge in [0.05, 0.1) is 19.9 Å². The standard InChI is InChI=1S/C23H27N3O5S/c1-6-18-22(32-25-24-18)23(28)31-13-19(27)17-11-14(2)26(15(17)3)10-9-16-7-8-20(29-4)21(12-16)30-5/h7-8,11-12H,6,9-10,13H2,1-5H3. The van der Waals surface area contributed by atoms with Crippen molar-refractivity contribution in [1.29, 1.82) is 0 Å². The number of carbonyl (C=O) groups excluding carboxylic acids is 2. The lowest BCUT2D eigenvalue weighted by Gasteiger charge is -2.12. The normalized spacial score (nSPS) is 10.8. The Morgan fingerprint density at radius 1 is 1.09 bits per heavy atom. The first-order valence-electron chi connectivity index (χ1n) is 10.3. The van der Waals surface area contributed by atoms with Gasteiger partial charge in [-0.3, -0.25) is 4.79 Å². The van der Waals surface area contributed by atoms with Gasteiger partial charge in [0, 0.05) is 23.5 Å². The summed E-state index contributed by atoms with van der Waals surface area (Å²) in [4.78, 5) is 25.4. The van der Waals surface area contributed by atoms with E-state index in [1.54, 1.807) is 14.2 Å². The molecule has 0 aliphatic heterocycles. The van der Waals surface area contributed by atoms with Crippen LogP contribution in [0, 0.1) is 13.8 Å². The number of aromatic nitrogens is 3. The van der Waals surface area contributed by atoms with Crippen LogP contribution in [0.4, 0.5) is 0 Å². The summed E-state index contributed by atoms with van der Waals surface area (Å²) in [6.07, 6.45) is 1.34. The van der Waals surface area contributed by atoms with Crippen LogP contribution in [0.25, 0.3) is 0 Å². The highest BCUT2D eigenvalue weighted by molar-refractivity contribution is 7.07. The van der Waals surface area contributed by atoms with Gasteiger partial charge in [0.25, 0.3) is 0 Å². The van der Waals surface area contributed by atoms with Crippen LogP contribution in [0.3, 0.4) is 0 Å². The molecule has 0 N–H and O–H groups in total. The minimum absolute atomic E-state index is 0.237. The Labute approximate surface area is 191 Å². The Kier molecular flexibility index (Phi) is 7.63. The van der Waals surface area contributed by atoms with Gasteiger partial charge < -0.3 is 18.8 Å². The second-order valence-electron chi connectivity index (χ2n) is 7.28. The molecule has 0 amide bonds. The molecule has 0 spiro atoms. The summed E-state index contributed by atoms with van der Waals surface area (Å²) >= 11 is 0.981. The first-order valence-corrected chi connectivity index (χ1v) is 11.1. The van der Waals surface area contributed by atoms with Crippen molar-refractivity contribution < 1.29 is 23.8 Å². The molecule has 3 aromatic rings. The van der Waals surface area contributed by atoms with Crippen molar-refractivity contribution in [2.75, 3.05) is 20.8 Å². The summed E-state index contributed by atoms with van der Waals surface area (Å²) in [5.41, 5.74) is 4.05. The van der Waals surface area contributed by atoms with Crippen LogP contribution in [-0.4, -0.2) is 46.7 Å². The molecule has 0 radical (unpaired) electrons. The van der Waals surface area contributed by atoms with Crippen LogP contribution in [-0.2, 0) is 24.1 Å². The molecule has 0 unspecified atom stereocenters. The monoisotopic (exact) mass is 457 g/mol. The molecule has 0 aliphatic carbocycles. The van der Waals surface area contributed by atoms with Gasteiger partial charge in [-0.25, -0.2) is 4.79 Å². The lowest BCUT2D eigenvalue weighted by atomic mass is 10.1. The van der Waals surface area contributed by atoms with E-state index in [9.17, 15) is 9.59 Å². The Hall–Kier alpha value is -3.20. The third kappa shape index (κ3) is 4.99. The maximum absolute atomic E-state index is 12.7. The predicted octanol–water partition coefficient (Wildman–Crippen LogP) is 3.82. The van der Waals surface area contributed by atoms with Crippen molar-refractivity contribution in [3.8, 4) is 11.5 Å². The van der Waals surface area contributed by atoms with Crippen molar-refractivity contribution in [3.05, 3.63) is 57.4 Å². The van der Waals surface area contributed by atoms with Crippen LogP contribution >= 0.6 is 11.5 Å². The Morgan fingerprint density at radius 2 is 1.84 bits per heavy atom. The molecular formula is C23H27N3O5S. The zero-order valence-corrected chi connectivity index (χ0v) is 19.7.